The SMILES string of the molecule is CC(C)c1nnc(NC(=O)[C@@H](C)NC(=O)N2CCN(c3cccc(Cl)c3)CC2)s1. The predicted molar refractivity (Wildman–Crippen MR) is 116 cm³/mol. The van der Waals surface area contributed by atoms with Gasteiger partial charge in [-0.2, -0.15) is 0 Å². The van der Waals surface area contributed by atoms with Crippen LogP contribution in [0.1, 0.15) is 31.7 Å². The highest BCUT2D eigenvalue weighted by Crippen LogP contribution is 2.23. The van der Waals surface area contributed by atoms with Crippen molar-refractivity contribution in [2.24, 2.45) is 0 Å². The van der Waals surface area contributed by atoms with Gasteiger partial charge in [-0.15, -0.1) is 10.2 Å². The first-order valence-corrected chi connectivity index (χ1v) is 10.7. The summed E-state index contributed by atoms with van der Waals surface area (Å²) in [6.07, 6.45) is 0. The zero-order valence-corrected chi connectivity index (χ0v) is 18.3. The fourth-order valence-electron chi connectivity index (χ4n) is 2.91. The summed E-state index contributed by atoms with van der Waals surface area (Å²) >= 11 is 7.40. The Labute approximate surface area is 179 Å². The molecule has 0 aliphatic carbocycles. The van der Waals surface area contributed by atoms with Gasteiger partial charge in [0.1, 0.15) is 11.0 Å². The van der Waals surface area contributed by atoms with Crippen LogP contribution in [0.3, 0.4) is 0 Å². The summed E-state index contributed by atoms with van der Waals surface area (Å²) in [6.45, 7) is 8.23. The number of benzene rings is 1. The molecule has 1 aliphatic heterocycles. The molecule has 1 saturated heterocycles. The molecule has 2 heterocycles. The lowest BCUT2D eigenvalue weighted by Gasteiger charge is -2.36. The molecular formula is C19H25ClN6O2S. The third-order valence-corrected chi connectivity index (χ3v) is 6.01. The first-order valence-electron chi connectivity index (χ1n) is 9.53. The summed E-state index contributed by atoms with van der Waals surface area (Å²) in [5.74, 6) is -0.0665. The Hall–Kier alpha value is -2.39. The van der Waals surface area contributed by atoms with Crippen molar-refractivity contribution in [3.8, 4) is 0 Å². The van der Waals surface area contributed by atoms with E-state index in [-0.39, 0.29) is 17.9 Å². The van der Waals surface area contributed by atoms with Gasteiger partial charge in [0.05, 0.1) is 0 Å². The number of hydrogen-bond acceptors (Lipinski definition) is 6. The van der Waals surface area contributed by atoms with E-state index in [1.165, 1.54) is 11.3 Å². The quantitative estimate of drug-likeness (QED) is 0.751. The van der Waals surface area contributed by atoms with Crippen LogP contribution in [-0.2, 0) is 4.79 Å². The number of carbonyl (C=O) groups is 2. The molecule has 1 aliphatic rings. The van der Waals surface area contributed by atoms with Gasteiger partial charge in [-0.05, 0) is 25.1 Å². The van der Waals surface area contributed by atoms with E-state index in [1.807, 2.05) is 38.1 Å². The summed E-state index contributed by atoms with van der Waals surface area (Å²) in [7, 11) is 0. The van der Waals surface area contributed by atoms with Crippen LogP contribution in [0.4, 0.5) is 15.6 Å². The number of urea groups is 1. The molecular weight excluding hydrogens is 412 g/mol. The van der Waals surface area contributed by atoms with Crippen molar-refractivity contribution < 1.29 is 9.59 Å². The minimum Gasteiger partial charge on any atom is -0.368 e. The Bertz CT molecular complexity index is 866. The van der Waals surface area contributed by atoms with Crippen molar-refractivity contribution in [2.75, 3.05) is 36.4 Å². The molecule has 2 N–H and O–H groups in total. The van der Waals surface area contributed by atoms with Crippen molar-refractivity contribution in [3.05, 3.63) is 34.3 Å². The maximum Gasteiger partial charge on any atom is 0.318 e. The number of anilines is 2. The first kappa shape index (κ1) is 21.3. The van der Waals surface area contributed by atoms with Crippen LogP contribution in [0.2, 0.25) is 5.02 Å². The average molecular weight is 437 g/mol. The largest absolute Gasteiger partial charge is 0.368 e. The summed E-state index contributed by atoms with van der Waals surface area (Å²) in [6, 6.07) is 6.75. The minimum absolute atomic E-state index is 0.251. The van der Waals surface area contributed by atoms with Crippen LogP contribution in [0.5, 0.6) is 0 Å². The van der Waals surface area contributed by atoms with Gasteiger partial charge in [-0.25, -0.2) is 4.79 Å². The van der Waals surface area contributed by atoms with E-state index in [0.717, 1.165) is 10.7 Å². The number of piperazine rings is 1. The van der Waals surface area contributed by atoms with Crippen LogP contribution in [0.25, 0.3) is 0 Å². The second-order valence-corrected chi connectivity index (χ2v) is 8.66. The summed E-state index contributed by atoms with van der Waals surface area (Å²) < 4.78 is 0. The molecule has 0 saturated carbocycles. The molecule has 1 fully saturated rings. The Morgan fingerprint density at radius 2 is 1.86 bits per heavy atom. The van der Waals surface area contributed by atoms with Gasteiger partial charge in [-0.1, -0.05) is 42.9 Å². The Kier molecular flexibility index (Phi) is 6.92. The molecule has 8 nitrogen and oxygen atoms in total. The normalized spacial score (nSPS) is 15.3. The standard InChI is InChI=1S/C19H25ClN6O2S/c1-12(2)17-23-24-18(29-17)22-16(27)13(3)21-19(28)26-9-7-25(8-10-26)15-6-4-5-14(20)11-15/h4-6,11-13H,7-10H2,1-3H3,(H,21,28)(H,22,24,27)/t13-/m1/s1. The number of hydrogen-bond donors (Lipinski definition) is 2. The highest BCUT2D eigenvalue weighted by Gasteiger charge is 2.24. The summed E-state index contributed by atoms with van der Waals surface area (Å²) in [4.78, 5) is 28.8. The highest BCUT2D eigenvalue weighted by molar-refractivity contribution is 7.15. The number of nitrogens with one attached hydrogen (secondary N) is 2. The molecule has 29 heavy (non-hydrogen) atoms. The number of rotatable bonds is 5. The topological polar surface area (TPSA) is 90.5 Å². The number of nitrogens with zero attached hydrogens (tertiary/aromatic N) is 4. The lowest BCUT2D eigenvalue weighted by Crippen LogP contribution is -2.54. The Morgan fingerprint density at radius 1 is 1.14 bits per heavy atom. The second-order valence-electron chi connectivity index (χ2n) is 7.21. The monoisotopic (exact) mass is 436 g/mol. The maximum atomic E-state index is 12.5. The fraction of sp³-hybridized carbons (Fsp3) is 0.474. The summed E-state index contributed by atoms with van der Waals surface area (Å²) in [5.41, 5.74) is 1.04. The van der Waals surface area contributed by atoms with Crippen molar-refractivity contribution in [3.63, 3.8) is 0 Å². The number of aromatic nitrogens is 2. The van der Waals surface area contributed by atoms with Gasteiger partial charge in [-0.3, -0.25) is 10.1 Å². The van der Waals surface area contributed by atoms with E-state index in [2.05, 4.69) is 25.7 Å². The third kappa shape index (κ3) is 5.57. The molecule has 1 aromatic carbocycles. The van der Waals surface area contributed by atoms with Gasteiger partial charge in [0, 0.05) is 42.8 Å². The zero-order valence-electron chi connectivity index (χ0n) is 16.7. The minimum atomic E-state index is -0.681. The van der Waals surface area contributed by atoms with Crippen LogP contribution >= 0.6 is 22.9 Å². The van der Waals surface area contributed by atoms with E-state index in [0.29, 0.717) is 36.3 Å². The zero-order chi connectivity index (χ0) is 21.0. The van der Waals surface area contributed by atoms with Crippen molar-refractivity contribution in [1.82, 2.24) is 20.4 Å². The third-order valence-electron chi connectivity index (χ3n) is 4.64. The molecule has 0 radical (unpaired) electrons. The molecule has 3 rings (SSSR count). The van der Waals surface area contributed by atoms with Gasteiger partial charge in [0.2, 0.25) is 11.0 Å². The average Bonchev–Trinajstić information content (AvgIpc) is 3.17. The molecule has 156 valence electrons. The molecule has 3 amide bonds. The van der Waals surface area contributed by atoms with E-state index in [9.17, 15) is 9.59 Å². The molecule has 2 aromatic rings. The van der Waals surface area contributed by atoms with Crippen LogP contribution in [0, 0.1) is 0 Å². The van der Waals surface area contributed by atoms with Gasteiger partial charge < -0.3 is 15.1 Å². The fourth-order valence-corrected chi connectivity index (χ4v) is 3.85. The highest BCUT2D eigenvalue weighted by atomic mass is 35.5. The Balaban J connectivity index is 1.47. The number of amides is 3. The molecule has 1 aromatic heterocycles. The molecule has 10 heteroatoms. The number of carbonyl (C=O) groups excluding carboxylic acids is 2. The van der Waals surface area contributed by atoms with E-state index in [1.54, 1.807) is 11.8 Å². The van der Waals surface area contributed by atoms with Crippen molar-refractivity contribution in [1.29, 1.82) is 0 Å². The molecule has 0 unspecified atom stereocenters. The smallest absolute Gasteiger partial charge is 0.318 e. The molecule has 1 atom stereocenters. The Morgan fingerprint density at radius 3 is 2.48 bits per heavy atom. The first-order chi connectivity index (χ1) is 13.8. The van der Waals surface area contributed by atoms with E-state index >= 15 is 0 Å². The molecule has 0 bridgehead atoms. The van der Waals surface area contributed by atoms with Gasteiger partial charge in [0.25, 0.3) is 0 Å². The van der Waals surface area contributed by atoms with Crippen molar-refractivity contribution >= 4 is 45.7 Å². The lowest BCUT2D eigenvalue weighted by atomic mass is 10.2. The van der Waals surface area contributed by atoms with Gasteiger partial charge >= 0.3 is 6.03 Å². The van der Waals surface area contributed by atoms with Crippen LogP contribution in [-0.4, -0.2) is 59.3 Å². The lowest BCUT2D eigenvalue weighted by molar-refractivity contribution is -0.117. The summed E-state index contributed by atoms with van der Waals surface area (Å²) in [5, 5.41) is 15.5. The van der Waals surface area contributed by atoms with Crippen LogP contribution < -0.4 is 15.5 Å². The number of halogens is 1. The van der Waals surface area contributed by atoms with E-state index < -0.39 is 6.04 Å². The second kappa shape index (κ2) is 9.41. The van der Waals surface area contributed by atoms with E-state index in [4.69, 9.17) is 11.6 Å². The predicted octanol–water partition coefficient (Wildman–Crippen LogP) is 3.17. The maximum absolute atomic E-state index is 12.5. The van der Waals surface area contributed by atoms with Crippen molar-refractivity contribution in [2.45, 2.75) is 32.7 Å². The van der Waals surface area contributed by atoms with Crippen LogP contribution in [0.15, 0.2) is 24.3 Å². The molecule has 0 spiro atoms. The van der Waals surface area contributed by atoms with Gasteiger partial charge in [0.15, 0.2) is 0 Å².